The Labute approximate surface area is 158 Å². The number of hydrogen-bond acceptors (Lipinski definition) is 5. The third-order valence-corrected chi connectivity index (χ3v) is 5.03. The average molecular weight is 365 g/mol. The molecular weight excluding hydrogens is 328 g/mol. The molecule has 0 spiro atoms. The van der Waals surface area contributed by atoms with Crippen molar-refractivity contribution in [2.45, 2.75) is 32.3 Å². The lowest BCUT2D eigenvalue weighted by Crippen LogP contribution is -2.32. The lowest BCUT2D eigenvalue weighted by molar-refractivity contribution is 0.0929. The SMILES string of the molecule is OCCOCCNCC1CCC(CNCCOCc2ccccc2)CC1. The van der Waals surface area contributed by atoms with E-state index in [1.54, 1.807) is 0 Å². The van der Waals surface area contributed by atoms with Crippen molar-refractivity contribution in [3.05, 3.63) is 35.9 Å². The first-order chi connectivity index (χ1) is 12.9. The maximum absolute atomic E-state index is 8.65. The van der Waals surface area contributed by atoms with Crippen LogP contribution in [-0.4, -0.2) is 57.7 Å². The first kappa shape index (κ1) is 21.3. The highest BCUT2D eigenvalue weighted by molar-refractivity contribution is 5.13. The van der Waals surface area contributed by atoms with Crippen molar-refractivity contribution >= 4 is 0 Å². The largest absolute Gasteiger partial charge is 0.394 e. The Hall–Kier alpha value is -0.980. The maximum atomic E-state index is 8.65. The molecule has 0 bridgehead atoms. The summed E-state index contributed by atoms with van der Waals surface area (Å²) in [6.45, 7) is 6.73. The van der Waals surface area contributed by atoms with Gasteiger partial charge in [-0.2, -0.15) is 0 Å². The molecule has 0 radical (unpaired) electrons. The molecule has 0 amide bonds. The van der Waals surface area contributed by atoms with Gasteiger partial charge in [-0.3, -0.25) is 0 Å². The fourth-order valence-corrected chi connectivity index (χ4v) is 3.47. The van der Waals surface area contributed by atoms with Crippen LogP contribution in [0.5, 0.6) is 0 Å². The van der Waals surface area contributed by atoms with Gasteiger partial charge in [-0.15, -0.1) is 0 Å². The number of rotatable bonds is 14. The monoisotopic (exact) mass is 364 g/mol. The van der Waals surface area contributed by atoms with E-state index in [9.17, 15) is 0 Å². The fraction of sp³-hybridized carbons (Fsp3) is 0.714. The zero-order valence-electron chi connectivity index (χ0n) is 16.0. The van der Waals surface area contributed by atoms with Gasteiger partial charge in [-0.05, 0) is 56.2 Å². The molecule has 1 fully saturated rings. The summed E-state index contributed by atoms with van der Waals surface area (Å²) >= 11 is 0. The number of hydrogen-bond donors (Lipinski definition) is 3. The van der Waals surface area contributed by atoms with Crippen LogP contribution in [0.25, 0.3) is 0 Å². The Kier molecular flexibility index (Phi) is 11.6. The number of nitrogens with one attached hydrogen (secondary N) is 2. The van der Waals surface area contributed by atoms with E-state index in [2.05, 4.69) is 22.8 Å². The van der Waals surface area contributed by atoms with Crippen LogP contribution in [0.1, 0.15) is 31.2 Å². The van der Waals surface area contributed by atoms with Crippen LogP contribution in [0, 0.1) is 11.8 Å². The third-order valence-electron chi connectivity index (χ3n) is 5.03. The van der Waals surface area contributed by atoms with Crippen LogP contribution in [-0.2, 0) is 16.1 Å². The predicted molar refractivity (Wildman–Crippen MR) is 105 cm³/mol. The second-order valence-electron chi connectivity index (χ2n) is 7.17. The number of aliphatic hydroxyl groups is 1. The van der Waals surface area contributed by atoms with Crippen LogP contribution in [0.3, 0.4) is 0 Å². The first-order valence-electron chi connectivity index (χ1n) is 10.1. The average Bonchev–Trinajstić information content (AvgIpc) is 2.69. The number of benzene rings is 1. The molecule has 1 aromatic carbocycles. The molecule has 0 unspecified atom stereocenters. The standard InChI is InChI=1S/C21H36N2O3/c24-12-15-25-13-10-22-16-19-6-8-20(9-7-19)17-23-11-14-26-18-21-4-2-1-3-5-21/h1-5,19-20,22-24H,6-18H2. The van der Waals surface area contributed by atoms with Gasteiger partial charge in [0.05, 0.1) is 33.0 Å². The fourth-order valence-electron chi connectivity index (χ4n) is 3.47. The van der Waals surface area contributed by atoms with E-state index in [0.717, 1.165) is 44.6 Å². The van der Waals surface area contributed by atoms with Crippen LogP contribution >= 0.6 is 0 Å². The van der Waals surface area contributed by atoms with Crippen molar-refractivity contribution in [3.63, 3.8) is 0 Å². The van der Waals surface area contributed by atoms with Gasteiger partial charge in [-0.25, -0.2) is 0 Å². The van der Waals surface area contributed by atoms with Crippen molar-refractivity contribution in [3.8, 4) is 0 Å². The quantitative estimate of drug-likeness (QED) is 0.442. The van der Waals surface area contributed by atoms with Crippen molar-refractivity contribution < 1.29 is 14.6 Å². The topological polar surface area (TPSA) is 62.8 Å². The minimum Gasteiger partial charge on any atom is -0.394 e. The number of aliphatic hydroxyl groups excluding tert-OH is 1. The second-order valence-corrected chi connectivity index (χ2v) is 7.17. The molecule has 0 atom stereocenters. The summed E-state index contributed by atoms with van der Waals surface area (Å²) in [5.41, 5.74) is 1.24. The zero-order chi connectivity index (χ0) is 18.3. The van der Waals surface area contributed by atoms with Crippen LogP contribution in [0.15, 0.2) is 30.3 Å². The summed E-state index contributed by atoms with van der Waals surface area (Å²) in [5, 5.41) is 15.7. The molecule has 1 aliphatic carbocycles. The van der Waals surface area contributed by atoms with Crippen molar-refractivity contribution in [2.24, 2.45) is 11.8 Å². The Bertz CT molecular complexity index is 436. The maximum Gasteiger partial charge on any atom is 0.0717 e. The van der Waals surface area contributed by atoms with Crippen molar-refractivity contribution in [1.29, 1.82) is 0 Å². The Morgan fingerprint density at radius 1 is 0.808 bits per heavy atom. The van der Waals surface area contributed by atoms with Gasteiger partial charge in [0.2, 0.25) is 0 Å². The molecule has 148 valence electrons. The van der Waals surface area contributed by atoms with Gasteiger partial charge in [-0.1, -0.05) is 30.3 Å². The number of ether oxygens (including phenoxy) is 2. The summed E-state index contributed by atoms with van der Waals surface area (Å²) in [5.74, 6) is 1.62. The zero-order valence-corrected chi connectivity index (χ0v) is 16.0. The van der Waals surface area contributed by atoms with Gasteiger partial charge in [0.25, 0.3) is 0 Å². The van der Waals surface area contributed by atoms with E-state index in [1.807, 2.05) is 18.2 Å². The molecule has 2 rings (SSSR count). The Morgan fingerprint density at radius 2 is 1.38 bits per heavy atom. The Morgan fingerprint density at radius 3 is 1.96 bits per heavy atom. The molecule has 0 saturated heterocycles. The van der Waals surface area contributed by atoms with E-state index >= 15 is 0 Å². The minimum atomic E-state index is 0.108. The van der Waals surface area contributed by atoms with E-state index in [1.165, 1.54) is 31.2 Å². The van der Waals surface area contributed by atoms with Gasteiger partial charge in [0, 0.05) is 13.1 Å². The molecule has 5 heteroatoms. The highest BCUT2D eigenvalue weighted by atomic mass is 16.5. The molecule has 5 nitrogen and oxygen atoms in total. The van der Waals surface area contributed by atoms with Crippen LogP contribution in [0.4, 0.5) is 0 Å². The molecule has 0 aliphatic heterocycles. The summed E-state index contributed by atoms with van der Waals surface area (Å²) in [6, 6.07) is 10.3. The van der Waals surface area contributed by atoms with E-state index in [-0.39, 0.29) is 6.61 Å². The molecule has 0 aromatic heterocycles. The molecule has 1 saturated carbocycles. The molecule has 1 aliphatic rings. The lowest BCUT2D eigenvalue weighted by Gasteiger charge is -2.29. The Balaban J connectivity index is 1.39. The summed E-state index contributed by atoms with van der Waals surface area (Å²) in [6.07, 6.45) is 5.29. The second kappa shape index (κ2) is 14.1. The highest BCUT2D eigenvalue weighted by Crippen LogP contribution is 2.27. The summed E-state index contributed by atoms with van der Waals surface area (Å²) in [4.78, 5) is 0. The van der Waals surface area contributed by atoms with E-state index < -0.39 is 0 Å². The van der Waals surface area contributed by atoms with E-state index in [0.29, 0.717) is 19.8 Å². The summed E-state index contributed by atoms with van der Waals surface area (Å²) in [7, 11) is 0. The van der Waals surface area contributed by atoms with Gasteiger partial charge in [0.15, 0.2) is 0 Å². The smallest absolute Gasteiger partial charge is 0.0717 e. The van der Waals surface area contributed by atoms with Gasteiger partial charge < -0.3 is 25.2 Å². The van der Waals surface area contributed by atoms with Gasteiger partial charge in [0.1, 0.15) is 0 Å². The van der Waals surface area contributed by atoms with Crippen LogP contribution in [0.2, 0.25) is 0 Å². The van der Waals surface area contributed by atoms with E-state index in [4.69, 9.17) is 14.6 Å². The molecule has 1 aromatic rings. The molecule has 3 N–H and O–H groups in total. The molecule has 0 heterocycles. The predicted octanol–water partition coefficient (Wildman–Crippen LogP) is 2.20. The normalized spacial score (nSPS) is 20.3. The molecular formula is C21H36N2O3. The first-order valence-corrected chi connectivity index (χ1v) is 10.1. The van der Waals surface area contributed by atoms with Gasteiger partial charge >= 0.3 is 0 Å². The lowest BCUT2D eigenvalue weighted by atomic mass is 9.82. The minimum absolute atomic E-state index is 0.108. The molecule has 26 heavy (non-hydrogen) atoms. The highest BCUT2D eigenvalue weighted by Gasteiger charge is 2.20. The summed E-state index contributed by atoms with van der Waals surface area (Å²) < 4.78 is 11.0. The van der Waals surface area contributed by atoms with Crippen molar-refractivity contribution in [1.82, 2.24) is 10.6 Å². The van der Waals surface area contributed by atoms with Crippen LogP contribution < -0.4 is 10.6 Å². The third kappa shape index (κ3) is 9.64. The van der Waals surface area contributed by atoms with Crippen molar-refractivity contribution in [2.75, 3.05) is 52.6 Å².